The van der Waals surface area contributed by atoms with Crippen LogP contribution in [0, 0.1) is 5.82 Å². The topological polar surface area (TPSA) is 36.4 Å². The van der Waals surface area contributed by atoms with Crippen LogP contribution < -0.4 is 0 Å². The average molecular weight is 237 g/mol. The number of carbonyl (C=O) groups is 1. The third-order valence-corrected chi connectivity index (χ3v) is 3.18. The zero-order valence-electron chi connectivity index (χ0n) is 10.1. The lowest BCUT2D eigenvalue weighted by Crippen LogP contribution is -2.34. The van der Waals surface area contributed by atoms with Crippen molar-refractivity contribution in [1.29, 1.82) is 0 Å². The number of pyridine rings is 1. The molecule has 0 spiro atoms. The van der Waals surface area contributed by atoms with Crippen LogP contribution in [0.15, 0.2) is 18.5 Å². The van der Waals surface area contributed by atoms with E-state index in [2.05, 4.69) is 9.88 Å². The van der Waals surface area contributed by atoms with Crippen molar-refractivity contribution in [3.05, 3.63) is 29.8 Å². The van der Waals surface area contributed by atoms with Crippen LogP contribution >= 0.6 is 0 Å². The molecule has 0 aromatic carbocycles. The number of nitrogens with zero attached hydrogens (tertiary/aromatic N) is 3. The molecule has 4 nitrogen and oxygen atoms in total. The summed E-state index contributed by atoms with van der Waals surface area (Å²) in [6, 6.07) is 1.80. The van der Waals surface area contributed by atoms with Gasteiger partial charge in [-0.3, -0.25) is 9.78 Å². The first-order valence-electron chi connectivity index (χ1n) is 5.65. The number of amides is 1. The normalized spacial score (nSPS) is 20.0. The quantitative estimate of drug-likeness (QED) is 0.770. The Morgan fingerprint density at radius 3 is 2.94 bits per heavy atom. The van der Waals surface area contributed by atoms with E-state index >= 15 is 0 Å². The number of aromatic nitrogens is 1. The molecule has 1 amide bonds. The van der Waals surface area contributed by atoms with Gasteiger partial charge in [-0.05, 0) is 26.6 Å². The van der Waals surface area contributed by atoms with Gasteiger partial charge in [0.1, 0.15) is 0 Å². The maximum Gasteiger partial charge on any atom is 0.256 e. The summed E-state index contributed by atoms with van der Waals surface area (Å²) in [7, 11) is 3.98. The van der Waals surface area contributed by atoms with Gasteiger partial charge in [0, 0.05) is 25.3 Å². The summed E-state index contributed by atoms with van der Waals surface area (Å²) < 4.78 is 13.4. The van der Waals surface area contributed by atoms with Gasteiger partial charge in [0.15, 0.2) is 5.82 Å². The van der Waals surface area contributed by atoms with Gasteiger partial charge in [0.2, 0.25) is 0 Å². The third-order valence-electron chi connectivity index (χ3n) is 3.18. The van der Waals surface area contributed by atoms with Gasteiger partial charge in [0.05, 0.1) is 11.8 Å². The highest BCUT2D eigenvalue weighted by Gasteiger charge is 2.29. The summed E-state index contributed by atoms with van der Waals surface area (Å²) in [5.74, 6) is -0.792. The van der Waals surface area contributed by atoms with Crippen LogP contribution in [0.5, 0.6) is 0 Å². The van der Waals surface area contributed by atoms with Crippen LogP contribution in [0.2, 0.25) is 0 Å². The molecule has 1 atom stereocenters. The van der Waals surface area contributed by atoms with E-state index in [1.54, 1.807) is 4.90 Å². The highest BCUT2D eigenvalue weighted by Crippen LogP contribution is 2.17. The lowest BCUT2D eigenvalue weighted by Gasteiger charge is -2.20. The van der Waals surface area contributed by atoms with Crippen molar-refractivity contribution in [2.24, 2.45) is 0 Å². The fourth-order valence-electron chi connectivity index (χ4n) is 2.07. The zero-order chi connectivity index (χ0) is 12.4. The molecule has 0 N–H and O–H groups in total. The number of likely N-dealkylation sites (tertiary alicyclic amines) is 1. The van der Waals surface area contributed by atoms with Gasteiger partial charge in [0.25, 0.3) is 5.91 Å². The second-order valence-corrected chi connectivity index (χ2v) is 4.51. The zero-order valence-corrected chi connectivity index (χ0v) is 10.1. The van der Waals surface area contributed by atoms with Crippen molar-refractivity contribution >= 4 is 5.91 Å². The third kappa shape index (κ3) is 2.44. The van der Waals surface area contributed by atoms with Crippen LogP contribution in [0.25, 0.3) is 0 Å². The van der Waals surface area contributed by atoms with E-state index in [1.807, 2.05) is 14.1 Å². The van der Waals surface area contributed by atoms with Gasteiger partial charge >= 0.3 is 0 Å². The summed E-state index contributed by atoms with van der Waals surface area (Å²) in [5.41, 5.74) is 0.111. The molecule has 1 aromatic heterocycles. The number of likely N-dealkylation sites (N-methyl/N-ethyl adjacent to an activating group) is 1. The van der Waals surface area contributed by atoms with Crippen LogP contribution in [-0.2, 0) is 0 Å². The Morgan fingerprint density at radius 2 is 2.35 bits per heavy atom. The van der Waals surface area contributed by atoms with E-state index in [9.17, 15) is 9.18 Å². The predicted octanol–water partition coefficient (Wildman–Crippen LogP) is 0.997. The van der Waals surface area contributed by atoms with Crippen molar-refractivity contribution < 1.29 is 9.18 Å². The van der Waals surface area contributed by atoms with Crippen molar-refractivity contribution in [3.8, 4) is 0 Å². The lowest BCUT2D eigenvalue weighted by molar-refractivity contribution is 0.0778. The van der Waals surface area contributed by atoms with Crippen LogP contribution in [0.4, 0.5) is 4.39 Å². The average Bonchev–Trinajstić information content (AvgIpc) is 2.78. The highest BCUT2D eigenvalue weighted by atomic mass is 19.1. The molecule has 1 saturated heterocycles. The molecule has 1 fully saturated rings. The number of rotatable bonds is 2. The second kappa shape index (κ2) is 4.79. The number of halogens is 1. The molecule has 2 rings (SSSR count). The smallest absolute Gasteiger partial charge is 0.256 e. The summed E-state index contributed by atoms with van der Waals surface area (Å²) in [6.45, 7) is 1.34. The van der Waals surface area contributed by atoms with Crippen molar-refractivity contribution in [3.63, 3.8) is 0 Å². The van der Waals surface area contributed by atoms with Crippen LogP contribution in [0.1, 0.15) is 16.8 Å². The van der Waals surface area contributed by atoms with E-state index in [4.69, 9.17) is 0 Å². The Hall–Kier alpha value is -1.49. The van der Waals surface area contributed by atoms with Crippen molar-refractivity contribution in [2.75, 3.05) is 27.2 Å². The summed E-state index contributed by atoms with van der Waals surface area (Å²) >= 11 is 0. The van der Waals surface area contributed by atoms with E-state index in [0.29, 0.717) is 19.1 Å². The Labute approximate surface area is 100 Å². The molecule has 92 valence electrons. The largest absolute Gasteiger partial charge is 0.337 e. The molecule has 0 aliphatic carbocycles. The molecular weight excluding hydrogens is 221 g/mol. The molecule has 0 radical (unpaired) electrons. The first-order chi connectivity index (χ1) is 8.09. The molecule has 0 saturated carbocycles. The summed E-state index contributed by atoms with van der Waals surface area (Å²) in [5, 5.41) is 0. The van der Waals surface area contributed by atoms with Gasteiger partial charge in [-0.15, -0.1) is 0 Å². The number of hydrogen-bond acceptors (Lipinski definition) is 3. The monoisotopic (exact) mass is 237 g/mol. The molecule has 5 heteroatoms. The molecule has 1 aromatic rings. The van der Waals surface area contributed by atoms with Crippen LogP contribution in [-0.4, -0.2) is 53.9 Å². The molecular formula is C12H16FN3O. The molecule has 17 heavy (non-hydrogen) atoms. The minimum atomic E-state index is -0.550. The Bertz CT molecular complexity index is 422. The van der Waals surface area contributed by atoms with Gasteiger partial charge in [-0.25, -0.2) is 4.39 Å². The molecule has 1 aliphatic rings. The van der Waals surface area contributed by atoms with Crippen LogP contribution in [0.3, 0.4) is 0 Å². The summed E-state index contributed by atoms with van der Waals surface area (Å²) in [6.07, 6.45) is 3.45. The summed E-state index contributed by atoms with van der Waals surface area (Å²) in [4.78, 5) is 19.5. The lowest BCUT2D eigenvalue weighted by atomic mass is 10.2. The highest BCUT2D eigenvalue weighted by molar-refractivity contribution is 5.94. The fourth-order valence-corrected chi connectivity index (χ4v) is 2.07. The van der Waals surface area contributed by atoms with E-state index in [0.717, 1.165) is 12.6 Å². The fraction of sp³-hybridized carbons (Fsp3) is 0.500. The molecule has 1 unspecified atom stereocenters. The van der Waals surface area contributed by atoms with Gasteiger partial charge in [-0.1, -0.05) is 0 Å². The predicted molar refractivity (Wildman–Crippen MR) is 62.2 cm³/mol. The number of hydrogen-bond donors (Lipinski definition) is 0. The van der Waals surface area contributed by atoms with Crippen molar-refractivity contribution in [1.82, 2.24) is 14.8 Å². The molecule has 2 heterocycles. The Kier molecular flexibility index (Phi) is 3.38. The molecule has 1 aliphatic heterocycles. The maximum absolute atomic E-state index is 13.4. The van der Waals surface area contributed by atoms with E-state index < -0.39 is 5.82 Å². The van der Waals surface area contributed by atoms with Crippen molar-refractivity contribution in [2.45, 2.75) is 12.5 Å². The standard InChI is InChI=1S/C12H16FN3O/c1-15(2)9-4-6-16(8-9)12(17)10-3-5-14-7-11(10)13/h3,5,7,9H,4,6,8H2,1-2H3. The first-order valence-corrected chi connectivity index (χ1v) is 5.65. The minimum Gasteiger partial charge on any atom is -0.337 e. The van der Waals surface area contributed by atoms with Gasteiger partial charge < -0.3 is 9.80 Å². The Balaban J connectivity index is 2.10. The first kappa shape index (κ1) is 12.0. The maximum atomic E-state index is 13.4. The van der Waals surface area contributed by atoms with E-state index in [-0.39, 0.29) is 11.5 Å². The molecule has 0 bridgehead atoms. The van der Waals surface area contributed by atoms with E-state index in [1.165, 1.54) is 12.3 Å². The SMILES string of the molecule is CN(C)C1CCN(C(=O)c2ccncc2F)C1. The second-order valence-electron chi connectivity index (χ2n) is 4.51. The van der Waals surface area contributed by atoms with Gasteiger partial charge in [-0.2, -0.15) is 0 Å². The minimum absolute atomic E-state index is 0.111. The number of carbonyl (C=O) groups excluding carboxylic acids is 1. The Morgan fingerprint density at radius 1 is 1.59 bits per heavy atom.